The Morgan fingerprint density at radius 1 is 1.13 bits per heavy atom. The van der Waals surface area contributed by atoms with Gasteiger partial charge in [-0.1, -0.05) is 38.1 Å². The summed E-state index contributed by atoms with van der Waals surface area (Å²) < 4.78 is 0. The van der Waals surface area contributed by atoms with Crippen LogP contribution in [-0.4, -0.2) is 44.2 Å². The van der Waals surface area contributed by atoms with Gasteiger partial charge in [-0.15, -0.1) is 0 Å². The van der Waals surface area contributed by atoms with Crippen LogP contribution in [0.4, 0.5) is 0 Å². The van der Waals surface area contributed by atoms with E-state index in [9.17, 15) is 0 Å². The van der Waals surface area contributed by atoms with E-state index in [4.69, 9.17) is 0 Å². The van der Waals surface area contributed by atoms with Gasteiger partial charge in [0.05, 0.1) is 0 Å². The van der Waals surface area contributed by atoms with Gasteiger partial charge in [0.15, 0.2) is 0 Å². The molecule has 1 aromatic carbocycles. The fraction of sp³-hybridized carbons (Fsp3) is 0.455. The van der Waals surface area contributed by atoms with Gasteiger partial charge < -0.3 is 24.8 Å². The topological polar surface area (TPSA) is 3.24 Å². The van der Waals surface area contributed by atoms with E-state index in [0.717, 1.165) is 19.6 Å². The standard InChI is InChI=1S/C11H16N.Bi.2ClH/c1-3-12(4-2)10-11-8-6-5-7-9-11;;;/h5-8H,3-4,10H2,1-2H3;;2*1H/q;+2;;/p-2. The molecule has 84 valence electrons. The van der Waals surface area contributed by atoms with E-state index in [1.165, 1.54) is 5.56 Å². The monoisotopic (exact) mass is 441 g/mol. The van der Waals surface area contributed by atoms with Crippen molar-refractivity contribution in [1.82, 2.24) is 4.90 Å². The predicted octanol–water partition coefficient (Wildman–Crippen LogP) is -4.04. The minimum atomic E-state index is 0. The van der Waals surface area contributed by atoms with Crippen LogP contribution in [0.1, 0.15) is 19.4 Å². The molecule has 4 radical (unpaired) electrons. The summed E-state index contributed by atoms with van der Waals surface area (Å²) in [7, 11) is 0. The Bertz CT molecular complexity index is 215. The third-order valence-electron chi connectivity index (χ3n) is 2.06. The second-order valence-corrected chi connectivity index (χ2v) is 2.85. The molecule has 0 unspecified atom stereocenters. The Kier molecular flexibility index (Phi) is 17.8. The van der Waals surface area contributed by atoms with Crippen molar-refractivity contribution < 1.29 is 24.8 Å². The molecule has 0 atom stereocenters. The van der Waals surface area contributed by atoms with E-state index in [1.54, 1.807) is 0 Å². The number of benzene rings is 1. The maximum Gasteiger partial charge on any atom is 2.00 e. The fourth-order valence-electron chi connectivity index (χ4n) is 1.22. The van der Waals surface area contributed by atoms with Crippen molar-refractivity contribution in [1.29, 1.82) is 0 Å². The van der Waals surface area contributed by atoms with Gasteiger partial charge in [-0.3, -0.25) is 4.90 Å². The first-order chi connectivity index (χ1) is 5.86. The van der Waals surface area contributed by atoms with Gasteiger partial charge in [-0.25, -0.2) is 0 Å². The van der Waals surface area contributed by atoms with E-state index in [-0.39, 0.29) is 51.0 Å². The molecule has 0 aliphatic heterocycles. The zero-order valence-electron chi connectivity index (χ0n) is 9.08. The summed E-state index contributed by atoms with van der Waals surface area (Å²) in [5.41, 5.74) is 1.28. The first-order valence-electron chi connectivity index (χ1n) is 4.54. The van der Waals surface area contributed by atoms with Crippen molar-refractivity contribution in [3.8, 4) is 0 Å². The van der Waals surface area contributed by atoms with Crippen LogP contribution >= 0.6 is 0 Å². The molecular weight excluding hydrogens is 426 g/mol. The zero-order chi connectivity index (χ0) is 8.81. The second-order valence-electron chi connectivity index (χ2n) is 2.85. The molecule has 0 spiro atoms. The Morgan fingerprint density at radius 3 is 2.13 bits per heavy atom. The number of hydrogen-bond donors (Lipinski definition) is 0. The summed E-state index contributed by atoms with van der Waals surface area (Å²) >= 11 is 0. The quantitative estimate of drug-likeness (QED) is 0.430. The molecule has 1 aromatic rings. The molecule has 0 aliphatic rings. The van der Waals surface area contributed by atoms with Gasteiger partial charge in [0.2, 0.25) is 0 Å². The van der Waals surface area contributed by atoms with E-state index < -0.39 is 0 Å². The Labute approximate surface area is 125 Å². The van der Waals surface area contributed by atoms with Crippen LogP contribution in [0.5, 0.6) is 0 Å². The normalized spacial score (nSPS) is 8.47. The molecular formula is C11H16BiCl2N. The minimum Gasteiger partial charge on any atom is -1.00 e. The molecule has 0 aromatic heterocycles. The van der Waals surface area contributed by atoms with Crippen LogP contribution in [0.15, 0.2) is 24.3 Å². The van der Waals surface area contributed by atoms with Gasteiger partial charge >= 0.3 is 26.2 Å². The number of hydrogen-bond acceptors (Lipinski definition) is 1. The van der Waals surface area contributed by atoms with E-state index in [1.807, 2.05) is 12.1 Å². The van der Waals surface area contributed by atoms with Crippen molar-refractivity contribution in [2.45, 2.75) is 20.4 Å². The first kappa shape index (κ1) is 21.0. The fourth-order valence-corrected chi connectivity index (χ4v) is 1.22. The van der Waals surface area contributed by atoms with Crippen molar-refractivity contribution in [3.05, 3.63) is 35.9 Å². The average Bonchev–Trinajstić information content (AvgIpc) is 2.16. The van der Waals surface area contributed by atoms with Crippen LogP contribution in [0.25, 0.3) is 0 Å². The van der Waals surface area contributed by atoms with Gasteiger partial charge in [0.1, 0.15) is 0 Å². The molecule has 0 fully saturated rings. The maximum absolute atomic E-state index is 3.23. The Morgan fingerprint density at radius 2 is 1.73 bits per heavy atom. The van der Waals surface area contributed by atoms with Crippen molar-refractivity contribution >= 4 is 26.2 Å². The molecule has 0 amide bonds. The largest absolute Gasteiger partial charge is 2.00 e. The molecule has 0 aliphatic carbocycles. The molecule has 1 rings (SSSR count). The summed E-state index contributed by atoms with van der Waals surface area (Å²) in [5, 5.41) is 0. The van der Waals surface area contributed by atoms with Gasteiger partial charge in [-0.2, -0.15) is 0 Å². The number of nitrogens with zero attached hydrogens (tertiary/aromatic N) is 1. The minimum absolute atomic E-state index is 0. The summed E-state index contributed by atoms with van der Waals surface area (Å²) in [6.45, 7) is 7.62. The average molecular weight is 442 g/mol. The molecule has 15 heavy (non-hydrogen) atoms. The number of halogens is 2. The van der Waals surface area contributed by atoms with Gasteiger partial charge in [0, 0.05) is 6.54 Å². The van der Waals surface area contributed by atoms with Crippen molar-refractivity contribution in [2.24, 2.45) is 0 Å². The maximum atomic E-state index is 3.23. The van der Waals surface area contributed by atoms with Gasteiger partial charge in [0.25, 0.3) is 0 Å². The van der Waals surface area contributed by atoms with E-state index in [2.05, 4.69) is 36.9 Å². The van der Waals surface area contributed by atoms with Crippen LogP contribution in [0.2, 0.25) is 0 Å². The number of rotatable bonds is 4. The van der Waals surface area contributed by atoms with Crippen molar-refractivity contribution in [2.75, 3.05) is 13.1 Å². The molecule has 0 N–H and O–H groups in total. The van der Waals surface area contributed by atoms with Crippen molar-refractivity contribution in [3.63, 3.8) is 0 Å². The SMILES string of the molecule is CCN(CC)Cc1[c]cccc1.[Bi+2].[Cl-].[Cl-]. The molecule has 1 nitrogen and oxygen atoms in total. The van der Waals surface area contributed by atoms with Crippen LogP contribution in [-0.2, 0) is 6.54 Å². The molecule has 0 bridgehead atoms. The van der Waals surface area contributed by atoms with Crippen LogP contribution < -0.4 is 24.8 Å². The third kappa shape index (κ3) is 8.45. The zero-order valence-corrected chi connectivity index (χ0v) is 14.1. The molecule has 4 heteroatoms. The second kappa shape index (κ2) is 12.7. The summed E-state index contributed by atoms with van der Waals surface area (Å²) in [6, 6.07) is 11.4. The molecule has 0 saturated carbocycles. The summed E-state index contributed by atoms with van der Waals surface area (Å²) in [5.74, 6) is 0. The third-order valence-corrected chi connectivity index (χ3v) is 2.06. The Balaban J connectivity index is -0.000000480. The first-order valence-corrected chi connectivity index (χ1v) is 4.54. The predicted molar refractivity (Wildman–Crippen MR) is 57.7 cm³/mol. The van der Waals surface area contributed by atoms with Crippen LogP contribution in [0.3, 0.4) is 0 Å². The smallest absolute Gasteiger partial charge is 1.00 e. The summed E-state index contributed by atoms with van der Waals surface area (Å²) in [4.78, 5) is 2.38. The Hall–Kier alpha value is 0.643. The van der Waals surface area contributed by atoms with Crippen LogP contribution in [0, 0.1) is 6.07 Å². The van der Waals surface area contributed by atoms with E-state index >= 15 is 0 Å². The molecule has 0 saturated heterocycles. The van der Waals surface area contributed by atoms with E-state index in [0.29, 0.717) is 0 Å². The summed E-state index contributed by atoms with van der Waals surface area (Å²) in [6.07, 6.45) is 0. The molecule has 0 heterocycles. The van der Waals surface area contributed by atoms with Gasteiger partial charge in [-0.05, 0) is 24.7 Å².